The van der Waals surface area contributed by atoms with Crippen molar-refractivity contribution in [3.8, 4) is 0 Å². The maximum Gasteiger partial charge on any atom is 0.217 e. The number of hydrogen-bond donors (Lipinski definition) is 3. The number of hydrogen-bond acceptors (Lipinski definition) is 4. The number of carbonyl (C=O) groups excluding carboxylic acids is 1. The Morgan fingerprint density at radius 3 is 2.36 bits per heavy atom. The highest BCUT2D eigenvalue weighted by Gasteiger charge is 2.36. The predicted molar refractivity (Wildman–Crippen MR) is 141 cm³/mol. The standard InChI is InChI=1S/C29H41F2N3O2/c1-18(35)33-24(13-20-10-21(30)14-22(31)11-20)27(36)17-32-25-16-29(5,6)34(7)26-9-8-19(12-23(25)26)15-28(2,3)4/h8-12,14,24-25,27,32,36H,13,15-17H2,1-7H3,(H,33,35)/t24-,25-,27+/m0/s1. The molecule has 0 bridgehead atoms. The summed E-state index contributed by atoms with van der Waals surface area (Å²) in [5, 5.41) is 17.3. The summed E-state index contributed by atoms with van der Waals surface area (Å²) in [5.74, 6) is -1.68. The number of aliphatic hydroxyl groups is 1. The van der Waals surface area contributed by atoms with Crippen LogP contribution in [-0.2, 0) is 17.6 Å². The Kier molecular flexibility index (Phi) is 8.46. The maximum absolute atomic E-state index is 13.7. The maximum atomic E-state index is 13.7. The zero-order valence-corrected chi connectivity index (χ0v) is 22.6. The molecule has 36 heavy (non-hydrogen) atoms. The fourth-order valence-electron chi connectivity index (χ4n) is 5.10. The van der Waals surface area contributed by atoms with Crippen molar-refractivity contribution in [2.75, 3.05) is 18.5 Å². The molecule has 0 spiro atoms. The molecular formula is C29H41F2N3O2. The van der Waals surface area contributed by atoms with E-state index in [1.54, 1.807) is 0 Å². The molecule has 1 amide bonds. The molecule has 3 rings (SSSR count). The van der Waals surface area contributed by atoms with Gasteiger partial charge in [0.15, 0.2) is 0 Å². The molecule has 3 atom stereocenters. The third kappa shape index (κ3) is 7.26. The summed E-state index contributed by atoms with van der Waals surface area (Å²) >= 11 is 0. The molecule has 0 saturated heterocycles. The second kappa shape index (κ2) is 10.9. The summed E-state index contributed by atoms with van der Waals surface area (Å²) in [7, 11) is 2.11. The summed E-state index contributed by atoms with van der Waals surface area (Å²) in [6, 6.07) is 9.21. The van der Waals surface area contributed by atoms with Gasteiger partial charge in [-0.05, 0) is 73.4 Å². The summed E-state index contributed by atoms with van der Waals surface area (Å²) < 4.78 is 27.4. The average molecular weight is 502 g/mol. The first kappa shape index (κ1) is 28.1. The Morgan fingerprint density at radius 2 is 1.78 bits per heavy atom. The van der Waals surface area contributed by atoms with Gasteiger partial charge in [0, 0.05) is 43.9 Å². The van der Waals surface area contributed by atoms with Gasteiger partial charge in [0.25, 0.3) is 0 Å². The highest BCUT2D eigenvalue weighted by Crippen LogP contribution is 2.42. The molecular weight excluding hydrogens is 460 g/mol. The predicted octanol–water partition coefficient (Wildman–Crippen LogP) is 4.91. The van der Waals surface area contributed by atoms with Crippen molar-refractivity contribution in [3.63, 3.8) is 0 Å². The van der Waals surface area contributed by atoms with Crippen LogP contribution < -0.4 is 15.5 Å². The Labute approximate surface area is 214 Å². The lowest BCUT2D eigenvalue weighted by Crippen LogP contribution is -2.52. The van der Waals surface area contributed by atoms with Crippen LogP contribution in [0.4, 0.5) is 14.5 Å². The van der Waals surface area contributed by atoms with Gasteiger partial charge in [-0.3, -0.25) is 4.79 Å². The van der Waals surface area contributed by atoms with E-state index in [4.69, 9.17) is 0 Å². The minimum Gasteiger partial charge on any atom is -0.390 e. The summed E-state index contributed by atoms with van der Waals surface area (Å²) in [6.45, 7) is 12.6. The molecule has 1 heterocycles. The lowest BCUT2D eigenvalue weighted by Gasteiger charge is -2.46. The van der Waals surface area contributed by atoms with Gasteiger partial charge < -0.3 is 20.6 Å². The number of aliphatic hydroxyl groups excluding tert-OH is 1. The molecule has 5 nitrogen and oxygen atoms in total. The fourth-order valence-corrected chi connectivity index (χ4v) is 5.10. The third-order valence-electron chi connectivity index (χ3n) is 6.98. The molecule has 0 unspecified atom stereocenters. The zero-order chi connectivity index (χ0) is 26.8. The molecule has 198 valence electrons. The molecule has 0 aliphatic carbocycles. The average Bonchev–Trinajstić information content (AvgIpc) is 2.72. The second-order valence-corrected chi connectivity index (χ2v) is 12.0. The van der Waals surface area contributed by atoms with Gasteiger partial charge in [-0.25, -0.2) is 8.78 Å². The summed E-state index contributed by atoms with van der Waals surface area (Å²) in [6.07, 6.45) is 0.950. The fraction of sp³-hybridized carbons (Fsp3) is 0.552. The van der Waals surface area contributed by atoms with Gasteiger partial charge in [0.2, 0.25) is 5.91 Å². The number of anilines is 1. The SMILES string of the molecule is CC(=O)N[C@@H](Cc1cc(F)cc(F)c1)[C@H](O)CN[C@H]1CC(C)(C)N(C)c2ccc(CC(C)(C)C)cc21. The number of nitrogens with zero attached hydrogens (tertiary/aromatic N) is 1. The van der Waals surface area contributed by atoms with Crippen LogP contribution >= 0.6 is 0 Å². The zero-order valence-electron chi connectivity index (χ0n) is 22.6. The van der Waals surface area contributed by atoms with Gasteiger partial charge in [0.05, 0.1) is 12.1 Å². The van der Waals surface area contributed by atoms with Gasteiger partial charge in [-0.15, -0.1) is 0 Å². The van der Waals surface area contributed by atoms with E-state index >= 15 is 0 Å². The molecule has 0 aromatic heterocycles. The van der Waals surface area contributed by atoms with Gasteiger partial charge in [-0.2, -0.15) is 0 Å². The van der Waals surface area contributed by atoms with Crippen LogP contribution in [0.15, 0.2) is 36.4 Å². The summed E-state index contributed by atoms with van der Waals surface area (Å²) in [4.78, 5) is 14.1. The molecule has 0 radical (unpaired) electrons. The molecule has 2 aromatic rings. The first-order valence-corrected chi connectivity index (χ1v) is 12.6. The normalized spacial score (nSPS) is 18.9. The van der Waals surface area contributed by atoms with Crippen LogP contribution in [0, 0.1) is 17.0 Å². The van der Waals surface area contributed by atoms with Crippen molar-refractivity contribution < 1.29 is 18.7 Å². The number of amides is 1. The smallest absolute Gasteiger partial charge is 0.217 e. The van der Waals surface area contributed by atoms with E-state index < -0.39 is 23.8 Å². The molecule has 1 aliphatic heterocycles. The lowest BCUT2D eigenvalue weighted by atomic mass is 9.81. The van der Waals surface area contributed by atoms with Gasteiger partial charge in [0.1, 0.15) is 11.6 Å². The van der Waals surface area contributed by atoms with Gasteiger partial charge >= 0.3 is 0 Å². The van der Waals surface area contributed by atoms with Crippen LogP contribution in [-0.4, -0.2) is 42.3 Å². The van der Waals surface area contributed by atoms with E-state index in [-0.39, 0.29) is 35.9 Å². The Morgan fingerprint density at radius 1 is 1.14 bits per heavy atom. The topological polar surface area (TPSA) is 64.6 Å². The number of nitrogens with one attached hydrogen (secondary N) is 2. The van der Waals surface area contributed by atoms with Crippen molar-refractivity contribution >= 4 is 11.6 Å². The quantitative estimate of drug-likeness (QED) is 0.481. The van der Waals surface area contributed by atoms with Gasteiger partial charge in [-0.1, -0.05) is 32.9 Å². The number of carbonyl (C=O) groups is 1. The number of fused-ring (bicyclic) bond motifs is 1. The van der Waals surface area contributed by atoms with E-state index in [0.717, 1.165) is 24.6 Å². The van der Waals surface area contributed by atoms with Crippen LogP contribution in [0.3, 0.4) is 0 Å². The van der Waals surface area contributed by atoms with Crippen molar-refractivity contribution in [3.05, 3.63) is 64.7 Å². The number of rotatable bonds is 8. The minimum absolute atomic E-state index is 0.00496. The van der Waals surface area contributed by atoms with Crippen molar-refractivity contribution in [2.24, 2.45) is 5.41 Å². The Hall–Kier alpha value is -2.51. The Bertz CT molecular complexity index is 1060. The van der Waals surface area contributed by atoms with Crippen LogP contribution in [0.25, 0.3) is 0 Å². The first-order chi connectivity index (χ1) is 16.6. The number of halogens is 2. The van der Waals surface area contributed by atoms with Crippen molar-refractivity contribution in [1.29, 1.82) is 0 Å². The van der Waals surface area contributed by atoms with E-state index in [1.807, 2.05) is 0 Å². The first-order valence-electron chi connectivity index (χ1n) is 12.6. The third-order valence-corrected chi connectivity index (χ3v) is 6.98. The second-order valence-electron chi connectivity index (χ2n) is 12.0. The van der Waals surface area contributed by atoms with E-state index in [2.05, 4.69) is 75.4 Å². The molecule has 0 saturated carbocycles. The monoisotopic (exact) mass is 501 g/mol. The largest absolute Gasteiger partial charge is 0.390 e. The summed E-state index contributed by atoms with van der Waals surface area (Å²) in [5.41, 5.74) is 4.05. The number of benzene rings is 2. The molecule has 7 heteroatoms. The highest BCUT2D eigenvalue weighted by molar-refractivity contribution is 5.73. The minimum atomic E-state index is -0.954. The van der Waals surface area contributed by atoms with Crippen LogP contribution in [0.2, 0.25) is 0 Å². The highest BCUT2D eigenvalue weighted by atomic mass is 19.1. The molecule has 3 N–H and O–H groups in total. The molecule has 1 aliphatic rings. The van der Waals surface area contributed by atoms with Crippen molar-refractivity contribution in [1.82, 2.24) is 10.6 Å². The molecule has 0 fully saturated rings. The van der Waals surface area contributed by atoms with Crippen molar-refractivity contribution in [2.45, 2.75) is 84.5 Å². The van der Waals surface area contributed by atoms with Crippen LogP contribution in [0.1, 0.15) is 70.7 Å². The lowest BCUT2D eigenvalue weighted by molar-refractivity contribution is -0.120. The van der Waals surface area contributed by atoms with Crippen LogP contribution in [0.5, 0.6) is 0 Å². The van der Waals surface area contributed by atoms with E-state index in [1.165, 1.54) is 30.2 Å². The Balaban J connectivity index is 1.81. The van der Waals surface area contributed by atoms with E-state index in [0.29, 0.717) is 5.56 Å². The van der Waals surface area contributed by atoms with E-state index in [9.17, 15) is 18.7 Å². The molecule has 2 aromatic carbocycles.